The summed E-state index contributed by atoms with van der Waals surface area (Å²) in [7, 11) is -1.41. The van der Waals surface area contributed by atoms with Crippen molar-refractivity contribution in [3.8, 4) is 5.75 Å². The zero-order valence-corrected chi connectivity index (χ0v) is 16.1. The number of rotatable bonds is 6. The topological polar surface area (TPSA) is 101 Å². The van der Waals surface area contributed by atoms with Crippen LogP contribution in [0.3, 0.4) is 0 Å². The molecule has 144 valence electrons. The first-order valence-electron chi connectivity index (χ1n) is 8.68. The molecule has 0 radical (unpaired) electrons. The van der Waals surface area contributed by atoms with Crippen molar-refractivity contribution in [3.05, 3.63) is 42.0 Å². The average molecular weight is 390 g/mol. The first-order chi connectivity index (χ1) is 12.9. The highest BCUT2D eigenvalue weighted by Crippen LogP contribution is 2.23. The van der Waals surface area contributed by atoms with E-state index in [1.54, 1.807) is 43.5 Å². The Kier molecular flexibility index (Phi) is 5.59. The van der Waals surface area contributed by atoms with Gasteiger partial charge in [-0.2, -0.15) is 0 Å². The molecule has 1 unspecified atom stereocenters. The Morgan fingerprint density at radius 2 is 1.96 bits per heavy atom. The van der Waals surface area contributed by atoms with Crippen molar-refractivity contribution >= 4 is 27.4 Å². The maximum absolute atomic E-state index is 12.3. The molecule has 1 N–H and O–H groups in total. The number of amides is 1. The number of benzene rings is 1. The van der Waals surface area contributed by atoms with Crippen LogP contribution in [0.5, 0.6) is 5.75 Å². The van der Waals surface area contributed by atoms with E-state index in [1.807, 2.05) is 11.8 Å². The summed E-state index contributed by atoms with van der Waals surface area (Å²) in [4.78, 5) is 14.2. The Morgan fingerprint density at radius 1 is 1.22 bits per heavy atom. The molecule has 0 bridgehead atoms. The van der Waals surface area contributed by atoms with Crippen LogP contribution in [-0.4, -0.2) is 55.7 Å². The highest BCUT2D eigenvalue weighted by molar-refractivity contribution is 7.91. The number of methoxy groups -OCH3 is 1. The third kappa shape index (κ3) is 4.54. The van der Waals surface area contributed by atoms with E-state index in [0.29, 0.717) is 35.9 Å². The molecule has 2 aromatic rings. The number of nitrogens with zero attached hydrogens (tertiary/aromatic N) is 3. The lowest BCUT2D eigenvalue weighted by atomic mass is 10.2. The van der Waals surface area contributed by atoms with Gasteiger partial charge in [-0.15, -0.1) is 10.2 Å². The fourth-order valence-corrected chi connectivity index (χ4v) is 4.84. The van der Waals surface area contributed by atoms with Crippen molar-refractivity contribution in [1.82, 2.24) is 10.2 Å². The lowest BCUT2D eigenvalue weighted by Crippen LogP contribution is -2.36. The molecule has 1 aliphatic heterocycles. The molecular formula is C18H22N4O4S. The van der Waals surface area contributed by atoms with E-state index in [4.69, 9.17) is 4.74 Å². The summed E-state index contributed by atoms with van der Waals surface area (Å²) in [6.07, 6.45) is 0.591. The number of sulfone groups is 1. The molecule has 9 heteroatoms. The molecule has 0 spiro atoms. The van der Waals surface area contributed by atoms with E-state index < -0.39 is 9.84 Å². The largest absolute Gasteiger partial charge is 0.497 e. The maximum atomic E-state index is 12.3. The minimum atomic E-state index is -2.97. The normalized spacial score (nSPS) is 18.1. The molecule has 0 saturated carbocycles. The SMILES string of the molecule is CCN(c1ccc(NC(=O)c2ccc(OC)cc2)nn1)C1CCS(=O)(=O)C1. The van der Waals surface area contributed by atoms with Gasteiger partial charge in [0.25, 0.3) is 5.91 Å². The van der Waals surface area contributed by atoms with Crippen molar-refractivity contribution in [2.75, 3.05) is 35.4 Å². The first-order valence-corrected chi connectivity index (χ1v) is 10.5. The summed E-state index contributed by atoms with van der Waals surface area (Å²) < 4.78 is 28.5. The molecule has 1 amide bonds. The third-order valence-electron chi connectivity index (χ3n) is 4.53. The fraction of sp³-hybridized carbons (Fsp3) is 0.389. The number of nitrogens with one attached hydrogen (secondary N) is 1. The fourth-order valence-electron chi connectivity index (χ4n) is 3.10. The number of carbonyl (C=O) groups is 1. The van der Waals surface area contributed by atoms with Gasteiger partial charge in [0.15, 0.2) is 21.5 Å². The monoisotopic (exact) mass is 390 g/mol. The van der Waals surface area contributed by atoms with E-state index >= 15 is 0 Å². The number of aromatic nitrogens is 2. The van der Waals surface area contributed by atoms with Crippen LogP contribution in [0.4, 0.5) is 11.6 Å². The summed E-state index contributed by atoms with van der Waals surface area (Å²) in [5.41, 5.74) is 0.480. The molecule has 27 heavy (non-hydrogen) atoms. The Morgan fingerprint density at radius 3 is 2.48 bits per heavy atom. The summed E-state index contributed by atoms with van der Waals surface area (Å²) in [6, 6.07) is 10.1. The Labute approximate surface area is 158 Å². The first kappa shape index (κ1) is 19.1. The van der Waals surface area contributed by atoms with Crippen molar-refractivity contribution in [1.29, 1.82) is 0 Å². The molecular weight excluding hydrogens is 368 g/mol. The second-order valence-corrected chi connectivity index (χ2v) is 8.53. The standard InChI is InChI=1S/C18H22N4O4S/c1-3-22(14-10-11-27(24,25)12-14)17-9-8-16(20-21-17)19-18(23)13-4-6-15(26-2)7-5-13/h4-9,14H,3,10-12H2,1-2H3,(H,19,20,23). The van der Waals surface area contributed by atoms with Crippen molar-refractivity contribution in [3.63, 3.8) is 0 Å². The second kappa shape index (κ2) is 7.91. The van der Waals surface area contributed by atoms with Crippen LogP contribution in [0.25, 0.3) is 0 Å². The third-order valence-corrected chi connectivity index (χ3v) is 6.28. The number of anilines is 2. The molecule has 1 aromatic heterocycles. The van der Waals surface area contributed by atoms with E-state index in [9.17, 15) is 13.2 Å². The lowest BCUT2D eigenvalue weighted by molar-refractivity contribution is 0.102. The Bertz CT molecular complexity index is 898. The zero-order valence-electron chi connectivity index (χ0n) is 15.3. The zero-order chi connectivity index (χ0) is 19.4. The highest BCUT2D eigenvalue weighted by Gasteiger charge is 2.32. The van der Waals surface area contributed by atoms with Crippen molar-refractivity contribution in [2.24, 2.45) is 0 Å². The molecule has 1 aromatic carbocycles. The van der Waals surface area contributed by atoms with Crippen molar-refractivity contribution < 1.29 is 17.9 Å². The smallest absolute Gasteiger partial charge is 0.256 e. The van der Waals surface area contributed by atoms with Gasteiger partial charge < -0.3 is 15.0 Å². The van der Waals surface area contributed by atoms with Gasteiger partial charge in [0.05, 0.1) is 18.6 Å². The second-order valence-electron chi connectivity index (χ2n) is 6.30. The molecule has 1 saturated heterocycles. The van der Waals surface area contributed by atoms with Crippen LogP contribution in [-0.2, 0) is 9.84 Å². The number of carbonyl (C=O) groups excluding carboxylic acids is 1. The predicted octanol–water partition coefficient (Wildman–Crippen LogP) is 1.75. The molecule has 0 aliphatic carbocycles. The minimum Gasteiger partial charge on any atom is -0.497 e. The summed E-state index contributed by atoms with van der Waals surface area (Å²) >= 11 is 0. The average Bonchev–Trinajstić information content (AvgIpc) is 3.03. The lowest BCUT2D eigenvalue weighted by Gasteiger charge is -2.27. The number of hydrogen-bond acceptors (Lipinski definition) is 7. The van der Waals surface area contributed by atoms with E-state index in [2.05, 4.69) is 15.5 Å². The maximum Gasteiger partial charge on any atom is 0.256 e. The molecule has 1 aliphatic rings. The Hall–Kier alpha value is -2.68. The summed E-state index contributed by atoms with van der Waals surface area (Å²) in [5, 5.41) is 10.9. The van der Waals surface area contributed by atoms with Gasteiger partial charge in [0.2, 0.25) is 0 Å². The van der Waals surface area contributed by atoms with Gasteiger partial charge in [-0.25, -0.2) is 8.42 Å². The van der Waals surface area contributed by atoms with Gasteiger partial charge in [-0.3, -0.25) is 4.79 Å². The van der Waals surface area contributed by atoms with Gasteiger partial charge in [0.1, 0.15) is 5.75 Å². The van der Waals surface area contributed by atoms with Crippen LogP contribution >= 0.6 is 0 Å². The number of hydrogen-bond donors (Lipinski definition) is 1. The van der Waals surface area contributed by atoms with Gasteiger partial charge in [-0.1, -0.05) is 0 Å². The quantitative estimate of drug-likeness (QED) is 0.802. The molecule has 1 fully saturated rings. The van der Waals surface area contributed by atoms with Crippen LogP contribution in [0.15, 0.2) is 36.4 Å². The van der Waals surface area contributed by atoms with Gasteiger partial charge in [-0.05, 0) is 49.7 Å². The Balaban J connectivity index is 1.68. The van der Waals surface area contributed by atoms with Crippen LogP contribution in [0.1, 0.15) is 23.7 Å². The summed E-state index contributed by atoms with van der Waals surface area (Å²) in [6.45, 7) is 2.58. The predicted molar refractivity (Wildman–Crippen MR) is 103 cm³/mol. The van der Waals surface area contributed by atoms with E-state index in [-0.39, 0.29) is 23.5 Å². The highest BCUT2D eigenvalue weighted by atomic mass is 32.2. The molecule has 1 atom stereocenters. The molecule has 3 rings (SSSR count). The van der Waals surface area contributed by atoms with E-state index in [0.717, 1.165) is 0 Å². The van der Waals surface area contributed by atoms with Crippen LogP contribution in [0, 0.1) is 0 Å². The van der Waals surface area contributed by atoms with Crippen molar-refractivity contribution in [2.45, 2.75) is 19.4 Å². The van der Waals surface area contributed by atoms with Gasteiger partial charge >= 0.3 is 0 Å². The number of ether oxygens (including phenoxy) is 1. The van der Waals surface area contributed by atoms with Crippen LogP contribution < -0.4 is 15.0 Å². The summed E-state index contributed by atoms with van der Waals surface area (Å²) in [5.74, 6) is 1.64. The minimum absolute atomic E-state index is 0.0889. The van der Waals surface area contributed by atoms with E-state index in [1.165, 1.54) is 0 Å². The molecule has 2 heterocycles. The van der Waals surface area contributed by atoms with Crippen LogP contribution in [0.2, 0.25) is 0 Å². The molecule has 8 nitrogen and oxygen atoms in total. The van der Waals surface area contributed by atoms with Gasteiger partial charge in [0, 0.05) is 18.2 Å².